The zero-order valence-corrected chi connectivity index (χ0v) is 12.4. The molecule has 0 aliphatic carbocycles. The molecule has 0 aliphatic rings. The summed E-state index contributed by atoms with van der Waals surface area (Å²) < 4.78 is 5.69. The molecule has 1 aromatic rings. The standard InChI is InChI=1S/C17H28O2/c1-3-4-5-6-7-8-9-14-19-17-12-10-16(11-13-17)15(2)18/h10-13,15,18H,3-9,14H2,1-2H3/t15-/m1/s1. The van der Waals surface area contributed by atoms with Crippen molar-refractivity contribution in [2.75, 3.05) is 6.61 Å². The number of hydrogen-bond donors (Lipinski definition) is 1. The van der Waals surface area contributed by atoms with Gasteiger partial charge in [0.1, 0.15) is 5.75 Å². The van der Waals surface area contributed by atoms with E-state index in [0.717, 1.165) is 24.3 Å². The molecule has 19 heavy (non-hydrogen) atoms. The van der Waals surface area contributed by atoms with E-state index in [4.69, 9.17) is 4.74 Å². The quantitative estimate of drug-likeness (QED) is 0.611. The van der Waals surface area contributed by atoms with E-state index < -0.39 is 6.10 Å². The maximum Gasteiger partial charge on any atom is 0.119 e. The van der Waals surface area contributed by atoms with Crippen LogP contribution in [0, 0.1) is 0 Å². The van der Waals surface area contributed by atoms with Crippen molar-refractivity contribution in [3.63, 3.8) is 0 Å². The minimum absolute atomic E-state index is 0.405. The van der Waals surface area contributed by atoms with Crippen LogP contribution >= 0.6 is 0 Å². The number of rotatable bonds is 10. The van der Waals surface area contributed by atoms with Crippen molar-refractivity contribution in [3.05, 3.63) is 29.8 Å². The van der Waals surface area contributed by atoms with Crippen LogP contribution < -0.4 is 4.74 Å². The SMILES string of the molecule is CCCCCCCCCOc1ccc([C@@H](C)O)cc1. The van der Waals surface area contributed by atoms with Crippen molar-refractivity contribution in [3.8, 4) is 5.75 Å². The minimum Gasteiger partial charge on any atom is -0.494 e. The highest BCUT2D eigenvalue weighted by molar-refractivity contribution is 5.28. The van der Waals surface area contributed by atoms with Gasteiger partial charge in [-0.3, -0.25) is 0 Å². The lowest BCUT2D eigenvalue weighted by atomic mass is 10.1. The number of aliphatic hydroxyl groups excluding tert-OH is 1. The number of benzene rings is 1. The van der Waals surface area contributed by atoms with Crippen molar-refractivity contribution in [2.45, 2.75) is 64.9 Å². The molecule has 0 unspecified atom stereocenters. The number of hydrogen-bond acceptors (Lipinski definition) is 2. The highest BCUT2D eigenvalue weighted by atomic mass is 16.5. The Balaban J connectivity index is 2.06. The van der Waals surface area contributed by atoms with Gasteiger partial charge in [0, 0.05) is 0 Å². The summed E-state index contributed by atoms with van der Waals surface area (Å²) in [7, 11) is 0. The Kier molecular flexibility index (Phi) is 8.31. The predicted octanol–water partition coefficient (Wildman–Crippen LogP) is 4.87. The number of ether oxygens (including phenoxy) is 1. The van der Waals surface area contributed by atoms with Crippen molar-refractivity contribution in [2.24, 2.45) is 0 Å². The van der Waals surface area contributed by atoms with E-state index in [-0.39, 0.29) is 0 Å². The predicted molar refractivity (Wildman–Crippen MR) is 80.6 cm³/mol. The van der Waals surface area contributed by atoms with Crippen molar-refractivity contribution in [1.29, 1.82) is 0 Å². The van der Waals surface area contributed by atoms with Crippen LogP contribution in [0.1, 0.15) is 70.5 Å². The molecule has 1 atom stereocenters. The first-order valence-corrected chi connectivity index (χ1v) is 7.65. The monoisotopic (exact) mass is 264 g/mol. The molecule has 0 saturated heterocycles. The Bertz CT molecular complexity index is 317. The topological polar surface area (TPSA) is 29.5 Å². The third kappa shape index (κ3) is 7.22. The van der Waals surface area contributed by atoms with E-state index in [2.05, 4.69) is 6.92 Å². The fraction of sp³-hybridized carbons (Fsp3) is 0.647. The summed E-state index contributed by atoms with van der Waals surface area (Å²) in [6, 6.07) is 7.71. The summed E-state index contributed by atoms with van der Waals surface area (Å²) in [6.45, 7) is 4.81. The molecule has 0 aliphatic heterocycles. The van der Waals surface area contributed by atoms with Gasteiger partial charge in [-0.25, -0.2) is 0 Å². The highest BCUT2D eigenvalue weighted by Gasteiger charge is 2.00. The Morgan fingerprint density at radius 1 is 0.947 bits per heavy atom. The van der Waals surface area contributed by atoms with Crippen molar-refractivity contribution < 1.29 is 9.84 Å². The Morgan fingerprint density at radius 2 is 1.53 bits per heavy atom. The number of unbranched alkanes of at least 4 members (excludes halogenated alkanes) is 6. The lowest BCUT2D eigenvalue weighted by Crippen LogP contribution is -1.98. The average molecular weight is 264 g/mol. The van der Waals surface area contributed by atoms with Gasteiger partial charge in [0.15, 0.2) is 0 Å². The zero-order chi connectivity index (χ0) is 13.9. The third-order valence-electron chi connectivity index (χ3n) is 3.38. The maximum absolute atomic E-state index is 9.41. The lowest BCUT2D eigenvalue weighted by Gasteiger charge is -2.08. The Morgan fingerprint density at radius 3 is 2.11 bits per heavy atom. The maximum atomic E-state index is 9.41. The molecule has 0 amide bonds. The summed E-state index contributed by atoms with van der Waals surface area (Å²) in [6.07, 6.45) is 8.72. The van der Waals surface area contributed by atoms with Crippen LogP contribution in [0.3, 0.4) is 0 Å². The van der Waals surface area contributed by atoms with E-state index in [1.54, 1.807) is 6.92 Å². The molecule has 2 heteroatoms. The first kappa shape index (κ1) is 16.0. The van der Waals surface area contributed by atoms with Gasteiger partial charge >= 0.3 is 0 Å². The average Bonchev–Trinajstić information content (AvgIpc) is 2.42. The Labute approximate surface area is 117 Å². The molecular formula is C17H28O2. The Hall–Kier alpha value is -1.02. The van der Waals surface area contributed by atoms with Crippen LogP contribution in [0.4, 0.5) is 0 Å². The molecule has 0 spiro atoms. The van der Waals surface area contributed by atoms with Gasteiger partial charge < -0.3 is 9.84 Å². The van der Waals surface area contributed by atoms with Crippen LogP contribution in [0.15, 0.2) is 24.3 Å². The first-order chi connectivity index (χ1) is 9.24. The molecule has 0 saturated carbocycles. The smallest absolute Gasteiger partial charge is 0.119 e. The molecular weight excluding hydrogens is 236 g/mol. The van der Waals surface area contributed by atoms with E-state index in [9.17, 15) is 5.11 Å². The summed E-state index contributed by atoms with van der Waals surface area (Å²) >= 11 is 0. The van der Waals surface area contributed by atoms with Crippen LogP contribution in [-0.2, 0) is 0 Å². The molecule has 0 heterocycles. The first-order valence-electron chi connectivity index (χ1n) is 7.65. The van der Waals surface area contributed by atoms with Crippen LogP contribution in [-0.4, -0.2) is 11.7 Å². The molecule has 0 aromatic heterocycles. The minimum atomic E-state index is -0.405. The van der Waals surface area contributed by atoms with Gasteiger partial charge in [0.05, 0.1) is 12.7 Å². The fourth-order valence-electron chi connectivity index (χ4n) is 2.09. The normalized spacial score (nSPS) is 12.4. The van der Waals surface area contributed by atoms with Gasteiger partial charge in [-0.1, -0.05) is 57.6 Å². The molecule has 108 valence electrons. The molecule has 1 aromatic carbocycles. The molecule has 0 bridgehead atoms. The van der Waals surface area contributed by atoms with E-state index in [1.165, 1.54) is 38.5 Å². The van der Waals surface area contributed by atoms with Crippen molar-refractivity contribution >= 4 is 0 Å². The molecule has 0 radical (unpaired) electrons. The second kappa shape index (κ2) is 9.85. The van der Waals surface area contributed by atoms with Gasteiger partial charge in [-0.2, -0.15) is 0 Å². The highest BCUT2D eigenvalue weighted by Crippen LogP contribution is 2.17. The molecule has 1 rings (SSSR count). The largest absolute Gasteiger partial charge is 0.494 e. The molecule has 2 nitrogen and oxygen atoms in total. The van der Waals surface area contributed by atoms with Crippen LogP contribution in [0.5, 0.6) is 5.75 Å². The van der Waals surface area contributed by atoms with Gasteiger partial charge in [0.2, 0.25) is 0 Å². The summed E-state index contributed by atoms with van der Waals surface area (Å²) in [5.41, 5.74) is 0.934. The zero-order valence-electron chi connectivity index (χ0n) is 12.4. The summed E-state index contributed by atoms with van der Waals surface area (Å²) in [4.78, 5) is 0. The number of aliphatic hydroxyl groups is 1. The van der Waals surface area contributed by atoms with Crippen LogP contribution in [0.25, 0.3) is 0 Å². The van der Waals surface area contributed by atoms with E-state index >= 15 is 0 Å². The summed E-state index contributed by atoms with van der Waals surface area (Å²) in [5.74, 6) is 0.899. The van der Waals surface area contributed by atoms with Gasteiger partial charge in [-0.05, 0) is 31.0 Å². The summed E-state index contributed by atoms with van der Waals surface area (Å²) in [5, 5.41) is 9.41. The second-order valence-electron chi connectivity index (χ2n) is 5.21. The van der Waals surface area contributed by atoms with Crippen LogP contribution in [0.2, 0.25) is 0 Å². The van der Waals surface area contributed by atoms with Crippen molar-refractivity contribution in [1.82, 2.24) is 0 Å². The lowest BCUT2D eigenvalue weighted by molar-refractivity contribution is 0.199. The molecule has 0 fully saturated rings. The second-order valence-corrected chi connectivity index (χ2v) is 5.21. The van der Waals surface area contributed by atoms with E-state index in [0.29, 0.717) is 0 Å². The van der Waals surface area contributed by atoms with Gasteiger partial charge in [0.25, 0.3) is 0 Å². The van der Waals surface area contributed by atoms with Gasteiger partial charge in [-0.15, -0.1) is 0 Å². The third-order valence-corrected chi connectivity index (χ3v) is 3.38. The molecule has 1 N–H and O–H groups in total. The van der Waals surface area contributed by atoms with E-state index in [1.807, 2.05) is 24.3 Å². The fourth-order valence-corrected chi connectivity index (χ4v) is 2.09.